The maximum absolute atomic E-state index is 12.2. The monoisotopic (exact) mass is 354 g/mol. The van der Waals surface area contributed by atoms with E-state index in [4.69, 9.17) is 25.6 Å². The van der Waals surface area contributed by atoms with E-state index in [2.05, 4.69) is 10.5 Å². The number of rotatable bonds is 7. The number of carbonyl (C=O) groups excluding carboxylic acids is 1. The number of benzene rings is 1. The summed E-state index contributed by atoms with van der Waals surface area (Å²) in [5.74, 6) is -1.19. The highest BCUT2D eigenvalue weighted by atomic mass is 35.5. The molecular weight excluding hydrogens is 340 g/mol. The molecule has 0 aliphatic rings. The van der Waals surface area contributed by atoms with E-state index < -0.39 is 17.9 Å². The van der Waals surface area contributed by atoms with Crippen LogP contribution in [0.3, 0.4) is 0 Å². The normalized spacial score (nSPS) is 11.8. The summed E-state index contributed by atoms with van der Waals surface area (Å²) < 4.78 is 14.8. The average molecular weight is 355 g/mol. The molecule has 0 aliphatic carbocycles. The molecule has 2 aromatic rings. The molecule has 1 unspecified atom stereocenters. The second-order valence-corrected chi connectivity index (χ2v) is 5.16. The fraction of sp³-hybridized carbons (Fsp3) is 0.267. The zero-order valence-electron chi connectivity index (χ0n) is 12.9. The summed E-state index contributed by atoms with van der Waals surface area (Å²) in [5.41, 5.74) is 0.246. The van der Waals surface area contributed by atoms with Crippen molar-refractivity contribution in [2.75, 3.05) is 14.2 Å². The molecule has 9 heteroatoms. The largest absolute Gasteiger partial charge is 0.495 e. The lowest BCUT2D eigenvalue weighted by Gasteiger charge is -2.15. The minimum Gasteiger partial charge on any atom is -0.495 e. The van der Waals surface area contributed by atoms with Crippen LogP contribution >= 0.6 is 11.6 Å². The van der Waals surface area contributed by atoms with Crippen molar-refractivity contribution in [3.8, 4) is 5.75 Å². The van der Waals surface area contributed by atoms with Gasteiger partial charge in [-0.15, -0.1) is 0 Å². The fourth-order valence-corrected chi connectivity index (χ4v) is 2.25. The van der Waals surface area contributed by atoms with Gasteiger partial charge >= 0.3 is 5.97 Å². The number of carboxylic acids is 1. The Hall–Kier alpha value is -2.58. The third-order valence-corrected chi connectivity index (χ3v) is 3.41. The van der Waals surface area contributed by atoms with Gasteiger partial charge in [0, 0.05) is 13.2 Å². The standard InChI is InChI=1S/C15H15ClN2O6/c1-22-7-9-6-11(18-24-9)14(19)17-13(15(20)21)8-3-4-12(23-2)10(16)5-8/h3-6,13H,7H2,1-2H3,(H,17,19)(H,20,21). The first kappa shape index (κ1) is 17.8. The molecule has 0 fully saturated rings. The number of halogens is 1. The molecule has 0 bridgehead atoms. The van der Waals surface area contributed by atoms with E-state index in [1.165, 1.54) is 38.5 Å². The third kappa shape index (κ3) is 4.03. The molecule has 0 spiro atoms. The molecule has 128 valence electrons. The smallest absolute Gasteiger partial charge is 0.330 e. The van der Waals surface area contributed by atoms with E-state index in [9.17, 15) is 14.7 Å². The number of amides is 1. The molecule has 1 amide bonds. The summed E-state index contributed by atoms with van der Waals surface area (Å²) in [5, 5.41) is 15.6. The van der Waals surface area contributed by atoms with Gasteiger partial charge < -0.3 is 24.4 Å². The molecule has 24 heavy (non-hydrogen) atoms. The molecule has 1 aromatic heterocycles. The van der Waals surface area contributed by atoms with Crippen LogP contribution in [0.15, 0.2) is 28.8 Å². The topological polar surface area (TPSA) is 111 Å². The molecule has 1 heterocycles. The van der Waals surface area contributed by atoms with Crippen molar-refractivity contribution in [2.45, 2.75) is 12.6 Å². The Morgan fingerprint density at radius 3 is 2.71 bits per heavy atom. The lowest BCUT2D eigenvalue weighted by molar-refractivity contribution is -0.139. The van der Waals surface area contributed by atoms with Gasteiger partial charge in [0.15, 0.2) is 17.5 Å². The Labute approximate surface area is 142 Å². The predicted octanol–water partition coefficient (Wildman–Crippen LogP) is 2.04. The number of hydrogen-bond acceptors (Lipinski definition) is 6. The van der Waals surface area contributed by atoms with Crippen molar-refractivity contribution >= 4 is 23.5 Å². The van der Waals surface area contributed by atoms with Crippen LogP contribution in [-0.2, 0) is 16.1 Å². The van der Waals surface area contributed by atoms with Crippen molar-refractivity contribution in [1.82, 2.24) is 10.5 Å². The van der Waals surface area contributed by atoms with E-state index in [0.29, 0.717) is 17.1 Å². The second kappa shape index (κ2) is 7.80. The van der Waals surface area contributed by atoms with Crippen LogP contribution in [0, 0.1) is 0 Å². The third-order valence-electron chi connectivity index (χ3n) is 3.11. The lowest BCUT2D eigenvalue weighted by atomic mass is 10.1. The highest BCUT2D eigenvalue weighted by molar-refractivity contribution is 6.32. The van der Waals surface area contributed by atoms with Crippen molar-refractivity contribution in [3.63, 3.8) is 0 Å². The van der Waals surface area contributed by atoms with Crippen LogP contribution < -0.4 is 10.1 Å². The molecule has 0 aliphatic heterocycles. The molecule has 0 saturated carbocycles. The van der Waals surface area contributed by atoms with Crippen molar-refractivity contribution in [1.29, 1.82) is 0 Å². The minimum absolute atomic E-state index is 0.0482. The van der Waals surface area contributed by atoms with Gasteiger partial charge in [0.1, 0.15) is 12.4 Å². The lowest BCUT2D eigenvalue weighted by Crippen LogP contribution is -2.33. The predicted molar refractivity (Wildman–Crippen MR) is 83.1 cm³/mol. The van der Waals surface area contributed by atoms with E-state index in [-0.39, 0.29) is 17.3 Å². The average Bonchev–Trinajstić information content (AvgIpc) is 3.01. The number of ether oxygens (including phenoxy) is 2. The Balaban J connectivity index is 2.20. The summed E-state index contributed by atoms with van der Waals surface area (Å²) in [4.78, 5) is 23.7. The van der Waals surface area contributed by atoms with E-state index in [1.54, 1.807) is 0 Å². The zero-order chi connectivity index (χ0) is 17.7. The van der Waals surface area contributed by atoms with Gasteiger partial charge in [-0.2, -0.15) is 0 Å². The van der Waals surface area contributed by atoms with Crippen LogP contribution in [0.4, 0.5) is 0 Å². The first-order chi connectivity index (χ1) is 11.5. The molecule has 0 saturated heterocycles. The van der Waals surface area contributed by atoms with E-state index >= 15 is 0 Å². The number of aromatic nitrogens is 1. The number of carboxylic acid groups (broad SMARTS) is 1. The molecule has 1 aromatic carbocycles. The summed E-state index contributed by atoms with van der Waals surface area (Å²) in [6.07, 6.45) is 0. The van der Waals surface area contributed by atoms with Gasteiger partial charge in [0.05, 0.1) is 12.1 Å². The second-order valence-electron chi connectivity index (χ2n) is 4.75. The van der Waals surface area contributed by atoms with Crippen molar-refractivity contribution < 1.29 is 28.7 Å². The van der Waals surface area contributed by atoms with Gasteiger partial charge in [-0.3, -0.25) is 4.79 Å². The van der Waals surface area contributed by atoms with Crippen LogP contribution in [0.25, 0.3) is 0 Å². The molecule has 1 atom stereocenters. The Bertz CT molecular complexity index is 745. The van der Waals surface area contributed by atoms with Gasteiger partial charge in [0.25, 0.3) is 5.91 Å². The van der Waals surface area contributed by atoms with Gasteiger partial charge in [0.2, 0.25) is 0 Å². The van der Waals surface area contributed by atoms with Gasteiger partial charge in [-0.25, -0.2) is 4.79 Å². The molecule has 0 radical (unpaired) electrons. The summed E-state index contributed by atoms with van der Waals surface area (Å²) in [6.45, 7) is 0.150. The quantitative estimate of drug-likeness (QED) is 0.782. The number of nitrogens with zero attached hydrogens (tertiary/aromatic N) is 1. The fourth-order valence-electron chi connectivity index (χ4n) is 1.99. The number of methoxy groups -OCH3 is 2. The maximum atomic E-state index is 12.2. The van der Waals surface area contributed by atoms with Gasteiger partial charge in [-0.1, -0.05) is 22.8 Å². The molecule has 2 rings (SSSR count). The molecular formula is C15H15ClN2O6. The van der Waals surface area contributed by atoms with Crippen molar-refractivity contribution in [2.24, 2.45) is 0 Å². The summed E-state index contributed by atoms with van der Waals surface area (Å²) >= 11 is 6.00. The highest BCUT2D eigenvalue weighted by Gasteiger charge is 2.25. The maximum Gasteiger partial charge on any atom is 0.330 e. The summed E-state index contributed by atoms with van der Waals surface area (Å²) in [6, 6.07) is 4.51. The SMILES string of the molecule is COCc1cc(C(=O)NC(C(=O)O)c2ccc(OC)c(Cl)c2)no1. The van der Waals surface area contributed by atoms with Crippen LogP contribution in [-0.4, -0.2) is 36.4 Å². The number of aliphatic carboxylic acids is 1. The number of nitrogens with one attached hydrogen (secondary N) is 1. The first-order valence-corrected chi connectivity index (χ1v) is 7.15. The van der Waals surface area contributed by atoms with Crippen molar-refractivity contribution in [3.05, 3.63) is 46.3 Å². The molecule has 2 N–H and O–H groups in total. The Morgan fingerprint density at radius 1 is 1.38 bits per heavy atom. The first-order valence-electron chi connectivity index (χ1n) is 6.78. The minimum atomic E-state index is -1.30. The highest BCUT2D eigenvalue weighted by Crippen LogP contribution is 2.28. The van der Waals surface area contributed by atoms with Crippen LogP contribution in [0.5, 0.6) is 5.75 Å². The Morgan fingerprint density at radius 2 is 2.12 bits per heavy atom. The number of hydrogen-bond donors (Lipinski definition) is 2. The Kier molecular flexibility index (Phi) is 5.78. The summed E-state index contributed by atoms with van der Waals surface area (Å²) in [7, 11) is 2.91. The number of carbonyl (C=O) groups is 2. The van der Waals surface area contributed by atoms with Crippen LogP contribution in [0.2, 0.25) is 5.02 Å². The molecule has 8 nitrogen and oxygen atoms in total. The zero-order valence-corrected chi connectivity index (χ0v) is 13.7. The van der Waals surface area contributed by atoms with E-state index in [1.807, 2.05) is 0 Å². The van der Waals surface area contributed by atoms with Crippen LogP contribution in [0.1, 0.15) is 27.9 Å². The van der Waals surface area contributed by atoms with E-state index in [0.717, 1.165) is 0 Å². The van der Waals surface area contributed by atoms with Gasteiger partial charge in [-0.05, 0) is 17.7 Å².